The molecule has 0 amide bonds. The Morgan fingerprint density at radius 1 is 0.857 bits per heavy atom. The van der Waals surface area contributed by atoms with Gasteiger partial charge in [0.15, 0.2) is 0 Å². The lowest BCUT2D eigenvalue weighted by atomic mass is 10.3. The molecule has 0 aliphatic rings. The number of ether oxygens (including phenoxy) is 2. The lowest BCUT2D eigenvalue weighted by Crippen LogP contribution is -2.30. The van der Waals surface area contributed by atoms with Crippen molar-refractivity contribution in [1.29, 1.82) is 0 Å². The van der Waals surface area contributed by atoms with Gasteiger partial charge in [0.2, 0.25) is 10.0 Å². The Hall–Kier alpha value is -1.82. The van der Waals surface area contributed by atoms with Gasteiger partial charge in [-0.15, -0.1) is 0 Å². The topological polar surface area (TPSA) is 111 Å². The van der Waals surface area contributed by atoms with Crippen molar-refractivity contribution in [3.05, 3.63) is 40.9 Å². The van der Waals surface area contributed by atoms with E-state index < -0.39 is 20.0 Å². The fourth-order valence-electron chi connectivity index (χ4n) is 2.33. The van der Waals surface area contributed by atoms with Gasteiger partial charge >= 0.3 is 0 Å². The highest BCUT2D eigenvalue weighted by Crippen LogP contribution is 2.32. The summed E-state index contributed by atoms with van der Waals surface area (Å²) in [6.07, 6.45) is 0. The van der Waals surface area contributed by atoms with Crippen molar-refractivity contribution < 1.29 is 26.3 Å². The van der Waals surface area contributed by atoms with E-state index in [2.05, 4.69) is 25.4 Å². The van der Waals surface area contributed by atoms with Crippen molar-refractivity contribution in [2.24, 2.45) is 0 Å². The zero-order valence-corrected chi connectivity index (χ0v) is 18.9. The molecule has 0 saturated carbocycles. The van der Waals surface area contributed by atoms with Crippen molar-refractivity contribution in [3.8, 4) is 11.5 Å². The molecule has 0 saturated heterocycles. The molecule has 0 aliphatic carbocycles. The molecule has 0 heterocycles. The molecule has 2 aromatic carbocycles. The summed E-state index contributed by atoms with van der Waals surface area (Å²) in [7, 11) is -4.99. The number of methoxy groups -OCH3 is 2. The highest BCUT2D eigenvalue weighted by Gasteiger charge is 2.22. The van der Waals surface area contributed by atoms with Crippen LogP contribution in [0.4, 0.5) is 5.69 Å². The first-order chi connectivity index (χ1) is 13.0. The van der Waals surface area contributed by atoms with E-state index in [1.54, 1.807) is 13.8 Å². The molecule has 0 spiro atoms. The Bertz CT molecular complexity index is 1070. The molecule has 0 radical (unpaired) electrons. The van der Waals surface area contributed by atoms with Gasteiger partial charge in [-0.05, 0) is 66.2 Å². The van der Waals surface area contributed by atoms with Crippen LogP contribution in [0.3, 0.4) is 0 Å². The standard InChI is InChI=1S/C17H21BrN2O6S2/c1-11(2)19-27(21,22)13-6-8-17(26-4)15(10-13)20-28(23,24)12-5-7-16(25-3)14(18)9-12/h5-11,19-20H,1-4H3. The quantitative estimate of drug-likeness (QED) is 0.585. The molecule has 28 heavy (non-hydrogen) atoms. The molecule has 0 aromatic heterocycles. The van der Waals surface area contributed by atoms with Gasteiger partial charge in [-0.2, -0.15) is 0 Å². The molecule has 154 valence electrons. The molecule has 0 bridgehead atoms. The minimum absolute atomic E-state index is 0.000992. The minimum Gasteiger partial charge on any atom is -0.496 e. The van der Waals surface area contributed by atoms with E-state index in [1.165, 1.54) is 50.6 Å². The second kappa shape index (κ2) is 8.68. The number of nitrogens with one attached hydrogen (secondary N) is 2. The molecule has 0 unspecified atom stereocenters. The summed E-state index contributed by atoms with van der Waals surface area (Å²) in [4.78, 5) is -0.119. The van der Waals surface area contributed by atoms with E-state index in [-0.39, 0.29) is 27.3 Å². The van der Waals surface area contributed by atoms with Gasteiger partial charge in [-0.25, -0.2) is 21.6 Å². The summed E-state index contributed by atoms with van der Waals surface area (Å²) in [5.41, 5.74) is 0.000992. The summed E-state index contributed by atoms with van der Waals surface area (Å²) < 4.78 is 65.9. The van der Waals surface area contributed by atoms with Gasteiger partial charge in [-0.1, -0.05) is 0 Å². The third-order valence-corrected chi connectivity index (χ3v) is 7.19. The minimum atomic E-state index is -4.01. The van der Waals surface area contributed by atoms with Crippen LogP contribution < -0.4 is 18.9 Å². The molecular formula is C17H21BrN2O6S2. The molecule has 2 N–H and O–H groups in total. The lowest BCUT2D eigenvalue weighted by Gasteiger charge is -2.15. The Morgan fingerprint density at radius 2 is 1.39 bits per heavy atom. The number of rotatable bonds is 8. The van der Waals surface area contributed by atoms with Crippen LogP contribution in [0, 0.1) is 0 Å². The highest BCUT2D eigenvalue weighted by atomic mass is 79.9. The molecular weight excluding hydrogens is 472 g/mol. The summed E-state index contributed by atoms with van der Waals surface area (Å²) in [6.45, 7) is 3.37. The summed E-state index contributed by atoms with van der Waals surface area (Å²) in [5.74, 6) is 0.657. The van der Waals surface area contributed by atoms with E-state index in [9.17, 15) is 16.8 Å². The van der Waals surface area contributed by atoms with Crippen LogP contribution in [-0.2, 0) is 20.0 Å². The second-order valence-corrected chi connectivity index (χ2v) is 10.3. The first-order valence-electron chi connectivity index (χ1n) is 8.07. The maximum absolute atomic E-state index is 12.8. The number of benzene rings is 2. The van der Waals surface area contributed by atoms with E-state index in [0.29, 0.717) is 10.2 Å². The van der Waals surface area contributed by atoms with Crippen LogP contribution in [0.1, 0.15) is 13.8 Å². The highest BCUT2D eigenvalue weighted by molar-refractivity contribution is 9.10. The molecule has 8 nitrogen and oxygen atoms in total. The molecule has 2 aromatic rings. The van der Waals surface area contributed by atoms with Gasteiger partial charge < -0.3 is 9.47 Å². The van der Waals surface area contributed by atoms with E-state index >= 15 is 0 Å². The van der Waals surface area contributed by atoms with Crippen molar-refractivity contribution >= 4 is 41.7 Å². The third kappa shape index (κ3) is 5.16. The number of halogens is 1. The number of hydrogen-bond donors (Lipinski definition) is 2. The summed E-state index contributed by atoms with van der Waals surface area (Å²) >= 11 is 3.24. The van der Waals surface area contributed by atoms with Crippen LogP contribution in [-0.4, -0.2) is 37.1 Å². The maximum atomic E-state index is 12.8. The van der Waals surface area contributed by atoms with Gasteiger partial charge in [0.05, 0.1) is 34.2 Å². The maximum Gasteiger partial charge on any atom is 0.262 e. The van der Waals surface area contributed by atoms with Crippen molar-refractivity contribution in [3.63, 3.8) is 0 Å². The third-order valence-electron chi connectivity index (χ3n) is 3.55. The first kappa shape index (κ1) is 22.5. The average molecular weight is 493 g/mol. The van der Waals surface area contributed by atoms with Crippen LogP contribution >= 0.6 is 15.9 Å². The molecule has 0 atom stereocenters. The fraction of sp³-hybridized carbons (Fsp3) is 0.294. The molecule has 0 fully saturated rings. The van der Waals surface area contributed by atoms with Crippen LogP contribution in [0.2, 0.25) is 0 Å². The largest absolute Gasteiger partial charge is 0.496 e. The average Bonchev–Trinajstić information content (AvgIpc) is 2.60. The van der Waals surface area contributed by atoms with E-state index in [0.717, 1.165) is 0 Å². The smallest absolute Gasteiger partial charge is 0.262 e. The van der Waals surface area contributed by atoms with Crippen LogP contribution in [0.25, 0.3) is 0 Å². The number of hydrogen-bond acceptors (Lipinski definition) is 6. The first-order valence-corrected chi connectivity index (χ1v) is 11.8. The number of anilines is 1. The van der Waals surface area contributed by atoms with Gasteiger partial charge in [0.1, 0.15) is 11.5 Å². The lowest BCUT2D eigenvalue weighted by molar-refractivity contribution is 0.411. The van der Waals surface area contributed by atoms with Crippen LogP contribution in [0.15, 0.2) is 50.7 Å². The Labute approximate surface area is 173 Å². The predicted octanol–water partition coefficient (Wildman–Crippen LogP) is 2.95. The van der Waals surface area contributed by atoms with Crippen molar-refractivity contribution in [2.45, 2.75) is 29.7 Å². The van der Waals surface area contributed by atoms with Crippen molar-refractivity contribution in [2.75, 3.05) is 18.9 Å². The summed E-state index contributed by atoms with van der Waals surface area (Å²) in [5, 5.41) is 0. The molecule has 0 aliphatic heterocycles. The zero-order valence-electron chi connectivity index (χ0n) is 15.7. The van der Waals surface area contributed by atoms with Gasteiger partial charge in [0, 0.05) is 6.04 Å². The monoisotopic (exact) mass is 492 g/mol. The van der Waals surface area contributed by atoms with Gasteiger partial charge in [-0.3, -0.25) is 4.72 Å². The van der Waals surface area contributed by atoms with E-state index in [1.807, 2.05) is 0 Å². The van der Waals surface area contributed by atoms with E-state index in [4.69, 9.17) is 9.47 Å². The Balaban J connectivity index is 2.46. The number of sulfonamides is 2. The normalized spacial score (nSPS) is 12.1. The Morgan fingerprint density at radius 3 is 1.89 bits per heavy atom. The Kier molecular flexibility index (Phi) is 6.97. The van der Waals surface area contributed by atoms with Crippen LogP contribution in [0.5, 0.6) is 11.5 Å². The molecule has 2 rings (SSSR count). The second-order valence-electron chi connectivity index (χ2n) is 6.04. The molecule has 11 heteroatoms. The van der Waals surface area contributed by atoms with Gasteiger partial charge in [0.25, 0.3) is 10.0 Å². The SMILES string of the molecule is COc1ccc(S(=O)(=O)Nc2cc(S(=O)(=O)NC(C)C)ccc2OC)cc1Br. The van der Waals surface area contributed by atoms with Crippen molar-refractivity contribution in [1.82, 2.24) is 4.72 Å². The zero-order chi connectivity index (χ0) is 21.1. The summed E-state index contributed by atoms with van der Waals surface area (Å²) in [6, 6.07) is 7.88. The fourth-order valence-corrected chi connectivity index (χ4v) is 5.39. The predicted molar refractivity (Wildman–Crippen MR) is 110 cm³/mol.